The lowest BCUT2D eigenvalue weighted by Crippen LogP contribution is -2.29. The summed E-state index contributed by atoms with van der Waals surface area (Å²) in [6.07, 6.45) is 4.03. The molecule has 0 saturated carbocycles. The van der Waals surface area contributed by atoms with E-state index in [0.717, 1.165) is 31.2 Å². The summed E-state index contributed by atoms with van der Waals surface area (Å²) in [6, 6.07) is 9.35. The molecule has 5 rings (SSSR count). The predicted octanol–water partition coefficient (Wildman–Crippen LogP) is 2.64. The number of rotatable bonds is 1. The van der Waals surface area contributed by atoms with Gasteiger partial charge in [-0.05, 0) is 50.3 Å². The lowest BCUT2D eigenvalue weighted by Gasteiger charge is -2.13. The van der Waals surface area contributed by atoms with Gasteiger partial charge in [-0.3, -0.25) is 4.79 Å². The quantitative estimate of drug-likeness (QED) is 0.521. The summed E-state index contributed by atoms with van der Waals surface area (Å²) in [5.74, 6) is 0.685. The highest BCUT2D eigenvalue weighted by molar-refractivity contribution is 7.18. The Hall–Kier alpha value is -2.80. The van der Waals surface area contributed by atoms with Gasteiger partial charge in [0.05, 0.1) is 11.1 Å². The third-order valence-electron chi connectivity index (χ3n) is 4.90. The van der Waals surface area contributed by atoms with E-state index in [1.165, 1.54) is 20.6 Å². The molecule has 7 heteroatoms. The minimum Gasteiger partial charge on any atom is -0.268 e. The molecule has 26 heavy (non-hydrogen) atoms. The molecule has 0 unspecified atom stereocenters. The van der Waals surface area contributed by atoms with Gasteiger partial charge in [0, 0.05) is 4.88 Å². The Morgan fingerprint density at radius 3 is 2.62 bits per heavy atom. The summed E-state index contributed by atoms with van der Waals surface area (Å²) in [5.41, 5.74) is 1.30. The summed E-state index contributed by atoms with van der Waals surface area (Å²) in [4.78, 5) is 36.6. The largest absolute Gasteiger partial charge is 0.357 e. The fourth-order valence-electron chi connectivity index (χ4n) is 3.76. The molecule has 3 heterocycles. The van der Waals surface area contributed by atoms with Gasteiger partial charge < -0.3 is 0 Å². The van der Waals surface area contributed by atoms with Gasteiger partial charge in [-0.1, -0.05) is 18.2 Å². The van der Waals surface area contributed by atoms with E-state index in [1.807, 2.05) is 30.3 Å². The maximum absolute atomic E-state index is 13.5. The molecule has 130 valence electrons. The minimum absolute atomic E-state index is 0.108. The molecule has 1 aliphatic carbocycles. The molecular weight excluding hydrogens is 348 g/mol. The Morgan fingerprint density at radius 1 is 1.04 bits per heavy atom. The number of hydrogen-bond donors (Lipinski definition) is 0. The molecule has 3 aromatic heterocycles. The molecule has 0 bridgehead atoms. The molecule has 0 amide bonds. The number of fused-ring (bicyclic) bond motifs is 5. The van der Waals surface area contributed by atoms with Crippen LogP contribution in [-0.2, 0) is 12.8 Å². The Bertz CT molecular complexity index is 1280. The van der Waals surface area contributed by atoms with Crippen molar-refractivity contribution in [1.29, 1.82) is 0 Å². The third kappa shape index (κ3) is 2.10. The zero-order valence-corrected chi connectivity index (χ0v) is 15.0. The van der Waals surface area contributed by atoms with E-state index in [0.29, 0.717) is 27.5 Å². The van der Waals surface area contributed by atoms with Gasteiger partial charge in [0.2, 0.25) is 5.78 Å². The van der Waals surface area contributed by atoms with Crippen molar-refractivity contribution in [2.45, 2.75) is 32.6 Å². The zero-order valence-electron chi connectivity index (χ0n) is 14.2. The van der Waals surface area contributed by atoms with Gasteiger partial charge in [-0.2, -0.15) is 9.97 Å². The summed E-state index contributed by atoms with van der Waals surface area (Å²) >= 11 is 1.54. The number of benzene rings is 1. The van der Waals surface area contributed by atoms with Gasteiger partial charge in [-0.25, -0.2) is 13.8 Å². The highest BCUT2D eigenvalue weighted by Crippen LogP contribution is 2.34. The van der Waals surface area contributed by atoms with E-state index in [-0.39, 0.29) is 11.2 Å². The molecule has 0 N–H and O–H groups in total. The topological polar surface area (TPSA) is 69.3 Å². The van der Waals surface area contributed by atoms with Crippen molar-refractivity contribution in [1.82, 2.24) is 18.9 Å². The molecule has 0 atom stereocenters. The number of thiophene rings is 1. The molecule has 1 aromatic carbocycles. The van der Waals surface area contributed by atoms with E-state index in [4.69, 9.17) is 0 Å². The standard InChI is InChI=1S/C19H16N4O2S/c1-11-20-18-22(12-7-3-2-4-8-12)16(24)15-13-9-5-6-10-14(13)26-17(15)23(18)19(25)21-11/h2-4,7-8H,5-6,9-10H2,1H3. The Morgan fingerprint density at radius 2 is 1.81 bits per heavy atom. The van der Waals surface area contributed by atoms with Gasteiger partial charge in [0.1, 0.15) is 10.7 Å². The summed E-state index contributed by atoms with van der Waals surface area (Å²) < 4.78 is 3.04. The van der Waals surface area contributed by atoms with E-state index in [9.17, 15) is 9.59 Å². The molecule has 0 spiro atoms. The Labute approximate surface area is 152 Å². The van der Waals surface area contributed by atoms with Crippen LogP contribution in [0.4, 0.5) is 0 Å². The van der Waals surface area contributed by atoms with Crippen LogP contribution in [0.3, 0.4) is 0 Å². The monoisotopic (exact) mass is 364 g/mol. The fourth-order valence-corrected chi connectivity index (χ4v) is 5.13. The molecule has 0 aliphatic heterocycles. The highest BCUT2D eigenvalue weighted by atomic mass is 32.1. The third-order valence-corrected chi connectivity index (χ3v) is 6.17. The van der Waals surface area contributed by atoms with Crippen molar-refractivity contribution in [3.05, 3.63) is 67.4 Å². The second kappa shape index (κ2) is 5.60. The minimum atomic E-state index is -0.388. The van der Waals surface area contributed by atoms with Crippen molar-refractivity contribution in [2.24, 2.45) is 0 Å². The van der Waals surface area contributed by atoms with Crippen LogP contribution in [0.1, 0.15) is 29.1 Å². The van der Waals surface area contributed by atoms with Gasteiger partial charge in [0.25, 0.3) is 5.56 Å². The molecule has 6 nitrogen and oxygen atoms in total. The van der Waals surface area contributed by atoms with Crippen LogP contribution in [-0.4, -0.2) is 18.9 Å². The first-order valence-corrected chi connectivity index (χ1v) is 9.49. The number of para-hydroxylation sites is 1. The van der Waals surface area contributed by atoms with Gasteiger partial charge in [0.15, 0.2) is 0 Å². The Balaban J connectivity index is 2.07. The van der Waals surface area contributed by atoms with Crippen molar-refractivity contribution in [2.75, 3.05) is 0 Å². The fraction of sp³-hybridized carbons (Fsp3) is 0.263. The normalized spacial score (nSPS) is 14.0. The maximum atomic E-state index is 13.5. The molecule has 0 fully saturated rings. The van der Waals surface area contributed by atoms with Crippen molar-refractivity contribution < 1.29 is 0 Å². The van der Waals surface area contributed by atoms with Crippen molar-refractivity contribution in [3.63, 3.8) is 0 Å². The number of aromatic nitrogens is 4. The van der Waals surface area contributed by atoms with E-state index < -0.39 is 0 Å². The number of hydrogen-bond acceptors (Lipinski definition) is 5. The maximum Gasteiger partial charge on any atom is 0.357 e. The van der Waals surface area contributed by atoms with Crippen LogP contribution in [0.15, 0.2) is 39.9 Å². The van der Waals surface area contributed by atoms with Crippen molar-refractivity contribution >= 4 is 27.3 Å². The lowest BCUT2D eigenvalue weighted by atomic mass is 9.97. The van der Waals surface area contributed by atoms with E-state index in [1.54, 1.807) is 11.5 Å². The number of aryl methyl sites for hydroxylation is 3. The Kier molecular flexibility index (Phi) is 3.33. The van der Waals surface area contributed by atoms with Crippen LogP contribution in [0.2, 0.25) is 0 Å². The summed E-state index contributed by atoms with van der Waals surface area (Å²) in [7, 11) is 0. The van der Waals surface area contributed by atoms with Crippen molar-refractivity contribution in [3.8, 4) is 5.69 Å². The smallest absolute Gasteiger partial charge is 0.268 e. The zero-order chi connectivity index (χ0) is 17.8. The van der Waals surface area contributed by atoms with Gasteiger partial charge >= 0.3 is 5.69 Å². The average Bonchev–Trinajstić information content (AvgIpc) is 3.01. The van der Waals surface area contributed by atoms with E-state index >= 15 is 0 Å². The second-order valence-electron chi connectivity index (χ2n) is 6.56. The first-order valence-electron chi connectivity index (χ1n) is 8.67. The van der Waals surface area contributed by atoms with Crippen LogP contribution in [0, 0.1) is 6.92 Å². The highest BCUT2D eigenvalue weighted by Gasteiger charge is 2.24. The van der Waals surface area contributed by atoms with Crippen LogP contribution in [0.5, 0.6) is 0 Å². The molecular formula is C19H16N4O2S. The summed E-state index contributed by atoms with van der Waals surface area (Å²) in [5, 5.41) is 0.649. The first kappa shape index (κ1) is 15.5. The summed E-state index contributed by atoms with van der Waals surface area (Å²) in [6.45, 7) is 1.67. The molecule has 4 aromatic rings. The van der Waals surface area contributed by atoms with E-state index in [2.05, 4.69) is 9.97 Å². The predicted molar refractivity (Wildman–Crippen MR) is 102 cm³/mol. The van der Waals surface area contributed by atoms with Gasteiger partial charge in [-0.15, -0.1) is 11.3 Å². The molecule has 0 radical (unpaired) electrons. The second-order valence-corrected chi connectivity index (χ2v) is 7.64. The number of nitrogens with zero attached hydrogens (tertiary/aromatic N) is 4. The SMILES string of the molecule is Cc1nc(=O)n2c3sc4c(c3c(=O)n(-c3ccccc3)c2n1)CCCC4. The lowest BCUT2D eigenvalue weighted by molar-refractivity contribution is 0.699. The van der Waals surface area contributed by atoms with Crippen LogP contribution < -0.4 is 11.2 Å². The van der Waals surface area contributed by atoms with Crippen LogP contribution in [0.25, 0.3) is 21.7 Å². The molecule has 0 saturated heterocycles. The van der Waals surface area contributed by atoms with Crippen LogP contribution >= 0.6 is 11.3 Å². The average molecular weight is 364 g/mol. The first-order chi connectivity index (χ1) is 12.6. The molecule has 1 aliphatic rings.